The molecule has 3 aromatic rings. The number of amides is 1. The van der Waals surface area contributed by atoms with Crippen LogP contribution in [0.2, 0.25) is 0 Å². The Balaban J connectivity index is 1.68. The molecule has 0 saturated carbocycles. The summed E-state index contributed by atoms with van der Waals surface area (Å²) in [6.07, 6.45) is 0.454. The van der Waals surface area contributed by atoms with Crippen LogP contribution >= 0.6 is 11.8 Å². The third-order valence-electron chi connectivity index (χ3n) is 5.69. The van der Waals surface area contributed by atoms with Gasteiger partial charge in [-0.05, 0) is 37.6 Å². The molecule has 1 saturated heterocycles. The van der Waals surface area contributed by atoms with Crippen molar-refractivity contribution < 1.29 is 17.9 Å². The molecule has 2 aromatic carbocycles. The highest BCUT2D eigenvalue weighted by Gasteiger charge is 2.34. The number of nitrogens with zero attached hydrogens (tertiary/aromatic N) is 3. The van der Waals surface area contributed by atoms with Crippen molar-refractivity contribution in [3.05, 3.63) is 58.9 Å². The molecule has 1 aliphatic heterocycles. The fourth-order valence-corrected chi connectivity index (χ4v) is 6.68. The lowest BCUT2D eigenvalue weighted by molar-refractivity contribution is -0.129. The Bertz CT molecular complexity index is 1350. The van der Waals surface area contributed by atoms with Crippen molar-refractivity contribution in [1.82, 2.24) is 14.5 Å². The molecule has 0 radical (unpaired) electrons. The second-order valence-corrected chi connectivity index (χ2v) is 11.0. The van der Waals surface area contributed by atoms with Gasteiger partial charge in [-0.3, -0.25) is 14.2 Å². The monoisotopic (exact) mass is 487 g/mol. The van der Waals surface area contributed by atoms with E-state index in [0.717, 1.165) is 0 Å². The summed E-state index contributed by atoms with van der Waals surface area (Å²) in [7, 11) is -1.55. The molecule has 174 valence electrons. The van der Waals surface area contributed by atoms with Gasteiger partial charge < -0.3 is 9.64 Å². The highest BCUT2D eigenvalue weighted by Crippen LogP contribution is 2.25. The summed E-state index contributed by atoms with van der Waals surface area (Å²) >= 11 is 1.17. The van der Waals surface area contributed by atoms with Crippen LogP contribution in [0.1, 0.15) is 13.3 Å². The van der Waals surface area contributed by atoms with Crippen LogP contribution in [0.3, 0.4) is 0 Å². The number of fused-ring (bicyclic) bond motifs is 1. The van der Waals surface area contributed by atoms with Gasteiger partial charge in [0.2, 0.25) is 5.91 Å². The normalized spacial score (nSPS) is 17.2. The SMILES string of the molecule is CCN(C(=O)CSc1nc2ccccc2c(=O)n1-c1cccc(OC)c1)C1CCS(=O)(=O)C1. The van der Waals surface area contributed by atoms with Crippen molar-refractivity contribution in [2.75, 3.05) is 30.9 Å². The van der Waals surface area contributed by atoms with Crippen LogP contribution < -0.4 is 10.3 Å². The second-order valence-electron chi connectivity index (χ2n) is 7.78. The molecule has 1 aromatic heterocycles. The fraction of sp³-hybridized carbons (Fsp3) is 0.348. The van der Waals surface area contributed by atoms with Crippen LogP contribution in [-0.2, 0) is 14.6 Å². The van der Waals surface area contributed by atoms with E-state index in [1.165, 1.54) is 16.3 Å². The van der Waals surface area contributed by atoms with Crippen molar-refractivity contribution in [1.29, 1.82) is 0 Å². The first kappa shape index (κ1) is 23.3. The Morgan fingerprint density at radius 2 is 2.03 bits per heavy atom. The van der Waals surface area contributed by atoms with Gasteiger partial charge in [-0.15, -0.1) is 0 Å². The number of hydrogen-bond donors (Lipinski definition) is 0. The minimum atomic E-state index is -3.10. The van der Waals surface area contributed by atoms with Crippen molar-refractivity contribution in [3.8, 4) is 11.4 Å². The van der Waals surface area contributed by atoms with Gasteiger partial charge in [0.15, 0.2) is 15.0 Å². The van der Waals surface area contributed by atoms with E-state index in [9.17, 15) is 18.0 Å². The molecule has 0 bridgehead atoms. The molecule has 33 heavy (non-hydrogen) atoms. The van der Waals surface area contributed by atoms with E-state index in [1.54, 1.807) is 54.5 Å². The van der Waals surface area contributed by atoms with Crippen LogP contribution in [0.4, 0.5) is 0 Å². The Kier molecular flexibility index (Phi) is 6.76. The minimum absolute atomic E-state index is 0.0000106. The van der Waals surface area contributed by atoms with Crippen molar-refractivity contribution in [2.24, 2.45) is 0 Å². The maximum atomic E-state index is 13.4. The van der Waals surface area contributed by atoms with Crippen molar-refractivity contribution in [2.45, 2.75) is 24.5 Å². The zero-order valence-corrected chi connectivity index (χ0v) is 20.1. The number of carbonyl (C=O) groups excluding carboxylic acids is 1. The largest absolute Gasteiger partial charge is 0.497 e. The van der Waals surface area contributed by atoms with Crippen LogP contribution in [0.15, 0.2) is 58.5 Å². The predicted octanol–water partition coefficient (Wildman–Crippen LogP) is 2.52. The van der Waals surface area contributed by atoms with Gasteiger partial charge in [-0.2, -0.15) is 0 Å². The molecule has 1 fully saturated rings. The van der Waals surface area contributed by atoms with E-state index in [0.29, 0.717) is 40.5 Å². The summed E-state index contributed by atoms with van der Waals surface area (Å²) < 4.78 is 30.5. The van der Waals surface area contributed by atoms with Gasteiger partial charge in [-0.1, -0.05) is 30.0 Å². The first-order chi connectivity index (χ1) is 15.8. The van der Waals surface area contributed by atoms with E-state index in [1.807, 2.05) is 13.0 Å². The lowest BCUT2D eigenvalue weighted by Gasteiger charge is -2.26. The number of thioether (sulfide) groups is 1. The van der Waals surface area contributed by atoms with E-state index in [-0.39, 0.29) is 34.8 Å². The summed E-state index contributed by atoms with van der Waals surface area (Å²) in [5.41, 5.74) is 0.894. The molecule has 0 N–H and O–H groups in total. The molecule has 0 spiro atoms. The first-order valence-electron chi connectivity index (χ1n) is 10.6. The lowest BCUT2D eigenvalue weighted by Crippen LogP contribution is -2.42. The first-order valence-corrected chi connectivity index (χ1v) is 13.4. The highest BCUT2D eigenvalue weighted by atomic mass is 32.2. The summed E-state index contributed by atoms with van der Waals surface area (Å²) in [6.45, 7) is 2.27. The summed E-state index contributed by atoms with van der Waals surface area (Å²) in [5.74, 6) is 0.568. The van der Waals surface area contributed by atoms with Gasteiger partial charge >= 0.3 is 0 Å². The van der Waals surface area contributed by atoms with Crippen LogP contribution in [0, 0.1) is 0 Å². The Morgan fingerprint density at radius 1 is 1.24 bits per heavy atom. The molecule has 10 heteroatoms. The highest BCUT2D eigenvalue weighted by molar-refractivity contribution is 7.99. The Hall–Kier alpha value is -2.85. The average molecular weight is 488 g/mol. The standard InChI is InChI=1S/C23H25N3O5S2/c1-3-25(17-11-12-33(29,30)15-17)21(27)14-32-23-24-20-10-5-4-9-19(20)22(28)26(23)16-7-6-8-18(13-16)31-2/h4-10,13,17H,3,11-12,14-15H2,1-2H3. The van der Waals surface area contributed by atoms with Crippen LogP contribution in [0.25, 0.3) is 16.6 Å². The molecule has 8 nitrogen and oxygen atoms in total. The quantitative estimate of drug-likeness (QED) is 0.373. The van der Waals surface area contributed by atoms with Crippen LogP contribution in [-0.4, -0.2) is 65.7 Å². The zero-order chi connectivity index (χ0) is 23.6. The lowest BCUT2D eigenvalue weighted by atomic mass is 10.2. The number of aromatic nitrogens is 2. The van der Waals surface area contributed by atoms with Gasteiger partial charge in [0.05, 0.1) is 41.0 Å². The predicted molar refractivity (Wildman–Crippen MR) is 129 cm³/mol. The number of ether oxygens (including phenoxy) is 1. The number of methoxy groups -OCH3 is 1. The topological polar surface area (TPSA) is 98.6 Å². The van der Waals surface area contributed by atoms with Crippen molar-refractivity contribution in [3.63, 3.8) is 0 Å². The van der Waals surface area contributed by atoms with Gasteiger partial charge in [-0.25, -0.2) is 13.4 Å². The maximum absolute atomic E-state index is 13.4. The zero-order valence-electron chi connectivity index (χ0n) is 18.4. The number of carbonyl (C=O) groups is 1. The second kappa shape index (κ2) is 9.56. The third kappa shape index (κ3) is 4.91. The summed E-state index contributed by atoms with van der Waals surface area (Å²) in [6, 6.07) is 13.9. The van der Waals surface area contributed by atoms with E-state index in [4.69, 9.17) is 4.74 Å². The summed E-state index contributed by atoms with van der Waals surface area (Å²) in [5, 5.41) is 0.859. The van der Waals surface area contributed by atoms with E-state index < -0.39 is 9.84 Å². The molecule has 2 heterocycles. The summed E-state index contributed by atoms with van der Waals surface area (Å²) in [4.78, 5) is 32.7. The number of benzene rings is 2. The molecule has 1 unspecified atom stereocenters. The molecule has 1 amide bonds. The fourth-order valence-electron chi connectivity index (χ4n) is 4.06. The van der Waals surface area contributed by atoms with E-state index >= 15 is 0 Å². The molecule has 4 rings (SSSR count). The van der Waals surface area contributed by atoms with Gasteiger partial charge in [0, 0.05) is 18.7 Å². The molecule has 0 aliphatic carbocycles. The molecule has 1 atom stereocenters. The minimum Gasteiger partial charge on any atom is -0.497 e. The molecule has 1 aliphatic rings. The average Bonchev–Trinajstić information content (AvgIpc) is 3.17. The third-order valence-corrected chi connectivity index (χ3v) is 8.37. The van der Waals surface area contributed by atoms with E-state index in [2.05, 4.69) is 4.98 Å². The molecular weight excluding hydrogens is 462 g/mol. The molecular formula is C23H25N3O5S2. The number of sulfone groups is 1. The number of para-hydroxylation sites is 1. The number of rotatable bonds is 7. The number of hydrogen-bond acceptors (Lipinski definition) is 7. The van der Waals surface area contributed by atoms with Crippen LogP contribution in [0.5, 0.6) is 5.75 Å². The Labute approximate surface area is 196 Å². The smallest absolute Gasteiger partial charge is 0.266 e. The van der Waals surface area contributed by atoms with Crippen molar-refractivity contribution >= 4 is 38.4 Å². The maximum Gasteiger partial charge on any atom is 0.266 e. The Morgan fingerprint density at radius 3 is 2.73 bits per heavy atom. The van der Waals surface area contributed by atoms with Gasteiger partial charge in [0.25, 0.3) is 5.56 Å². The van der Waals surface area contributed by atoms with Gasteiger partial charge in [0.1, 0.15) is 5.75 Å².